The van der Waals surface area contributed by atoms with Crippen LogP contribution in [0.25, 0.3) is 0 Å². The van der Waals surface area contributed by atoms with Gasteiger partial charge in [0, 0.05) is 18.3 Å². The first-order chi connectivity index (χ1) is 8.65. The Kier molecular flexibility index (Phi) is 4.28. The van der Waals surface area contributed by atoms with Gasteiger partial charge in [-0.2, -0.15) is 0 Å². The van der Waals surface area contributed by atoms with Crippen LogP contribution in [0.1, 0.15) is 45.6 Å². The van der Waals surface area contributed by atoms with Crippen LogP contribution in [0.3, 0.4) is 0 Å². The molecule has 0 saturated carbocycles. The molecule has 0 radical (unpaired) electrons. The highest BCUT2D eigenvalue weighted by atomic mass is 16.5. The molecule has 2 unspecified atom stereocenters. The van der Waals surface area contributed by atoms with Crippen molar-refractivity contribution in [2.24, 2.45) is 0 Å². The summed E-state index contributed by atoms with van der Waals surface area (Å²) in [6, 6.07) is 9.34. The van der Waals surface area contributed by atoms with Crippen LogP contribution >= 0.6 is 0 Å². The Hall–Kier alpha value is -1.02. The van der Waals surface area contributed by atoms with Crippen molar-refractivity contribution in [3.8, 4) is 0 Å². The molecule has 2 atom stereocenters. The summed E-state index contributed by atoms with van der Waals surface area (Å²) in [6.07, 6.45) is 4.38. The maximum Gasteiger partial charge on any atom is 0.0671 e. The number of hydrogen-bond acceptors (Lipinski definition) is 2. The van der Waals surface area contributed by atoms with Crippen molar-refractivity contribution < 1.29 is 4.74 Å². The van der Waals surface area contributed by atoms with E-state index in [-0.39, 0.29) is 5.60 Å². The minimum atomic E-state index is 0.0548. The molecule has 1 saturated heterocycles. The molecule has 2 nitrogen and oxygen atoms in total. The molecule has 18 heavy (non-hydrogen) atoms. The van der Waals surface area contributed by atoms with Crippen molar-refractivity contribution in [2.75, 3.05) is 11.9 Å². The maximum atomic E-state index is 5.88. The van der Waals surface area contributed by atoms with Gasteiger partial charge in [-0.15, -0.1) is 0 Å². The number of benzene rings is 1. The van der Waals surface area contributed by atoms with Crippen molar-refractivity contribution in [3.63, 3.8) is 0 Å². The van der Waals surface area contributed by atoms with Gasteiger partial charge >= 0.3 is 0 Å². The van der Waals surface area contributed by atoms with Gasteiger partial charge in [0.15, 0.2) is 0 Å². The van der Waals surface area contributed by atoms with Gasteiger partial charge in [-0.05, 0) is 50.3 Å². The molecule has 1 heterocycles. The van der Waals surface area contributed by atoms with Crippen LogP contribution in [-0.4, -0.2) is 18.2 Å². The zero-order valence-electron chi connectivity index (χ0n) is 11.8. The zero-order valence-corrected chi connectivity index (χ0v) is 11.8. The first kappa shape index (κ1) is 13.4. The highest BCUT2D eigenvalue weighted by Crippen LogP contribution is 2.29. The second-order valence-electron chi connectivity index (χ2n) is 5.54. The molecule has 1 aromatic carbocycles. The van der Waals surface area contributed by atoms with E-state index in [1.807, 2.05) is 0 Å². The molecule has 1 fully saturated rings. The second kappa shape index (κ2) is 5.75. The van der Waals surface area contributed by atoms with E-state index in [2.05, 4.69) is 50.4 Å². The Morgan fingerprint density at radius 1 is 1.28 bits per heavy atom. The predicted octanol–water partition coefficient (Wildman–Crippen LogP) is 4.01. The molecule has 1 N–H and O–H groups in total. The van der Waals surface area contributed by atoms with Crippen molar-refractivity contribution in [3.05, 3.63) is 29.8 Å². The molecular formula is C16H25NO. The second-order valence-corrected chi connectivity index (χ2v) is 5.54. The highest BCUT2D eigenvalue weighted by molar-refractivity contribution is 5.45. The SMILES string of the molecule is CCc1ccc(NC2CCOC(C)(CC)C2)cc1. The fourth-order valence-electron chi connectivity index (χ4n) is 2.57. The minimum Gasteiger partial charge on any atom is -0.382 e. The van der Waals surface area contributed by atoms with Crippen LogP contribution in [-0.2, 0) is 11.2 Å². The number of anilines is 1. The molecule has 0 amide bonds. The molecule has 1 aliphatic heterocycles. The third kappa shape index (κ3) is 3.26. The molecule has 0 aromatic heterocycles. The topological polar surface area (TPSA) is 21.3 Å². The summed E-state index contributed by atoms with van der Waals surface area (Å²) in [6.45, 7) is 7.49. The summed E-state index contributed by atoms with van der Waals surface area (Å²) in [5.41, 5.74) is 2.68. The van der Waals surface area contributed by atoms with Gasteiger partial charge in [0.1, 0.15) is 0 Å². The lowest BCUT2D eigenvalue weighted by atomic mass is 9.90. The normalized spacial score (nSPS) is 28.1. The van der Waals surface area contributed by atoms with E-state index >= 15 is 0 Å². The first-order valence-corrected chi connectivity index (χ1v) is 7.14. The standard InChI is InChI=1S/C16H25NO/c1-4-13-6-8-14(9-7-13)17-15-10-11-18-16(3,5-2)12-15/h6-9,15,17H,4-5,10-12H2,1-3H3. The number of aryl methyl sites for hydroxylation is 1. The average Bonchev–Trinajstić information content (AvgIpc) is 2.40. The van der Waals surface area contributed by atoms with E-state index in [9.17, 15) is 0 Å². The Morgan fingerprint density at radius 2 is 2.00 bits per heavy atom. The van der Waals surface area contributed by atoms with Gasteiger partial charge in [0.25, 0.3) is 0 Å². The third-order valence-electron chi connectivity index (χ3n) is 4.08. The molecule has 2 heteroatoms. The molecule has 1 aromatic rings. The third-order valence-corrected chi connectivity index (χ3v) is 4.08. The van der Waals surface area contributed by atoms with Gasteiger partial charge < -0.3 is 10.1 Å². The van der Waals surface area contributed by atoms with Crippen molar-refractivity contribution >= 4 is 5.69 Å². The summed E-state index contributed by atoms with van der Waals surface area (Å²) in [5.74, 6) is 0. The van der Waals surface area contributed by atoms with Crippen molar-refractivity contribution in [1.82, 2.24) is 0 Å². The van der Waals surface area contributed by atoms with Crippen molar-refractivity contribution in [2.45, 2.75) is 58.1 Å². The van der Waals surface area contributed by atoms with Crippen LogP contribution in [0, 0.1) is 0 Å². The maximum absolute atomic E-state index is 5.88. The Bertz CT molecular complexity index is 373. The van der Waals surface area contributed by atoms with Gasteiger partial charge in [-0.3, -0.25) is 0 Å². The summed E-state index contributed by atoms with van der Waals surface area (Å²) >= 11 is 0. The van der Waals surface area contributed by atoms with Crippen LogP contribution < -0.4 is 5.32 Å². The Labute approximate surface area is 111 Å². The van der Waals surface area contributed by atoms with E-state index < -0.39 is 0 Å². The quantitative estimate of drug-likeness (QED) is 0.868. The van der Waals surface area contributed by atoms with Gasteiger partial charge in [0.05, 0.1) is 5.60 Å². The van der Waals surface area contributed by atoms with Crippen LogP contribution in [0.5, 0.6) is 0 Å². The first-order valence-electron chi connectivity index (χ1n) is 7.14. The fraction of sp³-hybridized carbons (Fsp3) is 0.625. The number of hydrogen-bond donors (Lipinski definition) is 1. The van der Waals surface area contributed by atoms with E-state index in [0.717, 1.165) is 32.3 Å². The number of nitrogens with one attached hydrogen (secondary N) is 1. The van der Waals surface area contributed by atoms with Crippen LogP contribution in [0.15, 0.2) is 24.3 Å². The summed E-state index contributed by atoms with van der Waals surface area (Å²) in [7, 11) is 0. The van der Waals surface area contributed by atoms with Gasteiger partial charge in [-0.1, -0.05) is 26.0 Å². The lowest BCUT2D eigenvalue weighted by molar-refractivity contribution is -0.0708. The molecule has 1 aliphatic rings. The minimum absolute atomic E-state index is 0.0548. The van der Waals surface area contributed by atoms with E-state index in [1.54, 1.807) is 0 Å². The predicted molar refractivity (Wildman–Crippen MR) is 77.1 cm³/mol. The molecule has 0 spiro atoms. The largest absolute Gasteiger partial charge is 0.382 e. The van der Waals surface area contributed by atoms with Crippen LogP contribution in [0.2, 0.25) is 0 Å². The summed E-state index contributed by atoms with van der Waals surface area (Å²) < 4.78 is 5.88. The Balaban J connectivity index is 1.96. The average molecular weight is 247 g/mol. The van der Waals surface area contributed by atoms with Crippen molar-refractivity contribution in [1.29, 1.82) is 0 Å². The van der Waals surface area contributed by atoms with E-state index in [4.69, 9.17) is 4.74 Å². The van der Waals surface area contributed by atoms with E-state index in [0.29, 0.717) is 6.04 Å². The monoisotopic (exact) mass is 247 g/mol. The van der Waals surface area contributed by atoms with Gasteiger partial charge in [-0.25, -0.2) is 0 Å². The molecule has 0 aliphatic carbocycles. The highest BCUT2D eigenvalue weighted by Gasteiger charge is 2.31. The van der Waals surface area contributed by atoms with Crippen LogP contribution in [0.4, 0.5) is 5.69 Å². The molecule has 0 bridgehead atoms. The molecule has 2 rings (SSSR count). The summed E-state index contributed by atoms with van der Waals surface area (Å²) in [5, 5.41) is 3.64. The zero-order chi connectivity index (χ0) is 13.0. The number of ether oxygens (including phenoxy) is 1. The Morgan fingerprint density at radius 3 is 2.61 bits per heavy atom. The fourth-order valence-corrected chi connectivity index (χ4v) is 2.57. The lowest BCUT2D eigenvalue weighted by Gasteiger charge is -2.38. The van der Waals surface area contributed by atoms with Gasteiger partial charge in [0.2, 0.25) is 0 Å². The number of rotatable bonds is 4. The lowest BCUT2D eigenvalue weighted by Crippen LogP contribution is -2.41. The van der Waals surface area contributed by atoms with E-state index in [1.165, 1.54) is 11.3 Å². The smallest absolute Gasteiger partial charge is 0.0671 e. The molecular weight excluding hydrogens is 222 g/mol. The summed E-state index contributed by atoms with van der Waals surface area (Å²) in [4.78, 5) is 0. The molecule has 100 valence electrons.